The number of aliphatic carboxylic acids is 1. The summed E-state index contributed by atoms with van der Waals surface area (Å²) >= 11 is 0. The molecular formula is C10H18N2O4. The van der Waals surface area contributed by atoms with Crippen LogP contribution in [0.5, 0.6) is 0 Å². The first-order chi connectivity index (χ1) is 7.11. The van der Waals surface area contributed by atoms with Gasteiger partial charge in [0.15, 0.2) is 0 Å². The summed E-state index contributed by atoms with van der Waals surface area (Å²) in [6, 6.07) is -1.15. The highest BCUT2D eigenvalue weighted by atomic mass is 16.4. The summed E-state index contributed by atoms with van der Waals surface area (Å²) in [5.74, 6) is -2.40. The van der Waals surface area contributed by atoms with Gasteiger partial charge in [-0.2, -0.15) is 0 Å². The second kappa shape index (κ2) is 5.48. The fourth-order valence-electron chi connectivity index (χ4n) is 1.12. The van der Waals surface area contributed by atoms with Crippen molar-refractivity contribution < 1.29 is 19.5 Å². The molecule has 0 aliphatic carbocycles. The van der Waals surface area contributed by atoms with Crippen LogP contribution in [0.1, 0.15) is 33.6 Å². The van der Waals surface area contributed by atoms with Crippen LogP contribution in [0.25, 0.3) is 0 Å². The zero-order valence-electron chi connectivity index (χ0n) is 9.74. The van der Waals surface area contributed by atoms with Gasteiger partial charge in [0.2, 0.25) is 11.8 Å². The van der Waals surface area contributed by atoms with Gasteiger partial charge in [0.1, 0.15) is 6.04 Å². The average Bonchev–Trinajstić information content (AvgIpc) is 1.97. The lowest BCUT2D eigenvalue weighted by atomic mass is 9.92. The van der Waals surface area contributed by atoms with E-state index in [-0.39, 0.29) is 17.7 Å². The number of rotatable bonds is 5. The number of hydrogen-bond acceptors (Lipinski definition) is 3. The molecule has 0 aromatic rings. The Morgan fingerprint density at radius 3 is 2.12 bits per heavy atom. The molecule has 0 saturated carbocycles. The lowest BCUT2D eigenvalue weighted by Crippen LogP contribution is -2.46. The van der Waals surface area contributed by atoms with Crippen LogP contribution in [-0.4, -0.2) is 28.9 Å². The highest BCUT2D eigenvalue weighted by Gasteiger charge is 2.23. The van der Waals surface area contributed by atoms with Gasteiger partial charge in [-0.15, -0.1) is 0 Å². The molecule has 1 atom stereocenters. The molecule has 0 bridgehead atoms. The SMILES string of the molecule is CC(C)(C)CC(=O)NC(CC(=O)O)C(N)=O. The van der Waals surface area contributed by atoms with Crippen molar-refractivity contribution in [3.05, 3.63) is 0 Å². The predicted octanol–water partition coefficient (Wildman–Crippen LogP) is -0.133. The molecule has 4 N–H and O–H groups in total. The first-order valence-corrected chi connectivity index (χ1v) is 4.92. The van der Waals surface area contributed by atoms with Crippen LogP contribution in [0.4, 0.5) is 0 Å². The summed E-state index contributed by atoms with van der Waals surface area (Å²) in [5.41, 5.74) is 4.75. The summed E-state index contributed by atoms with van der Waals surface area (Å²) in [5, 5.41) is 10.8. The van der Waals surface area contributed by atoms with E-state index in [9.17, 15) is 14.4 Å². The van der Waals surface area contributed by atoms with Crippen LogP contribution < -0.4 is 11.1 Å². The van der Waals surface area contributed by atoms with E-state index in [0.29, 0.717) is 0 Å². The number of nitrogens with one attached hydrogen (secondary N) is 1. The van der Waals surface area contributed by atoms with E-state index in [0.717, 1.165) is 0 Å². The number of nitrogens with two attached hydrogens (primary N) is 1. The molecular weight excluding hydrogens is 212 g/mol. The number of carboxylic acids is 1. The molecule has 0 fully saturated rings. The Morgan fingerprint density at radius 2 is 1.81 bits per heavy atom. The van der Waals surface area contributed by atoms with Crippen LogP contribution in [0.2, 0.25) is 0 Å². The molecule has 6 nitrogen and oxygen atoms in total. The maximum Gasteiger partial charge on any atom is 0.305 e. The molecule has 0 saturated heterocycles. The van der Waals surface area contributed by atoms with Gasteiger partial charge in [0.05, 0.1) is 6.42 Å². The molecule has 2 amide bonds. The van der Waals surface area contributed by atoms with Crippen LogP contribution in [0, 0.1) is 5.41 Å². The molecule has 0 aliphatic rings. The Bertz CT molecular complexity index is 294. The molecule has 0 aromatic carbocycles. The van der Waals surface area contributed by atoms with E-state index in [1.54, 1.807) is 0 Å². The molecule has 6 heteroatoms. The van der Waals surface area contributed by atoms with E-state index in [4.69, 9.17) is 10.8 Å². The van der Waals surface area contributed by atoms with Crippen molar-refractivity contribution in [2.24, 2.45) is 11.1 Å². The molecule has 92 valence electrons. The molecule has 0 heterocycles. The Morgan fingerprint density at radius 1 is 1.31 bits per heavy atom. The Kier molecular flexibility index (Phi) is 4.94. The Balaban J connectivity index is 4.35. The summed E-state index contributed by atoms with van der Waals surface area (Å²) < 4.78 is 0. The summed E-state index contributed by atoms with van der Waals surface area (Å²) in [6.07, 6.45) is -0.290. The quantitative estimate of drug-likeness (QED) is 0.611. The van der Waals surface area contributed by atoms with Gasteiger partial charge in [-0.3, -0.25) is 14.4 Å². The third-order valence-electron chi connectivity index (χ3n) is 1.75. The number of carbonyl (C=O) groups excluding carboxylic acids is 2. The van der Waals surface area contributed by atoms with E-state index in [1.165, 1.54) is 0 Å². The smallest absolute Gasteiger partial charge is 0.305 e. The van der Waals surface area contributed by atoms with Crippen molar-refractivity contribution in [2.45, 2.75) is 39.7 Å². The van der Waals surface area contributed by atoms with Crippen LogP contribution in [0.15, 0.2) is 0 Å². The second-order valence-electron chi connectivity index (χ2n) is 4.86. The first-order valence-electron chi connectivity index (χ1n) is 4.92. The summed E-state index contributed by atoms with van der Waals surface area (Å²) in [7, 11) is 0. The lowest BCUT2D eigenvalue weighted by molar-refractivity contribution is -0.140. The van der Waals surface area contributed by atoms with Crippen molar-refractivity contribution >= 4 is 17.8 Å². The van der Waals surface area contributed by atoms with Gasteiger partial charge < -0.3 is 16.2 Å². The first kappa shape index (κ1) is 14.4. The summed E-state index contributed by atoms with van der Waals surface area (Å²) in [4.78, 5) is 32.7. The van der Waals surface area contributed by atoms with Gasteiger partial charge in [-0.1, -0.05) is 20.8 Å². The largest absolute Gasteiger partial charge is 0.481 e. The second-order valence-corrected chi connectivity index (χ2v) is 4.86. The number of carbonyl (C=O) groups is 3. The van der Waals surface area contributed by atoms with E-state index >= 15 is 0 Å². The minimum absolute atomic E-state index is 0.205. The standard InChI is InChI=1S/C10H18N2O4/c1-10(2,3)5-7(13)12-6(9(11)16)4-8(14)15/h6H,4-5H2,1-3H3,(H2,11,16)(H,12,13)(H,14,15). The van der Waals surface area contributed by atoms with Crippen LogP contribution in [0.3, 0.4) is 0 Å². The molecule has 0 aromatic heterocycles. The highest BCUT2D eigenvalue weighted by molar-refractivity contribution is 5.89. The van der Waals surface area contributed by atoms with E-state index < -0.39 is 24.3 Å². The van der Waals surface area contributed by atoms with Crippen LogP contribution >= 0.6 is 0 Å². The normalized spacial score (nSPS) is 12.9. The maximum absolute atomic E-state index is 11.4. The Labute approximate surface area is 94.2 Å². The van der Waals surface area contributed by atoms with Gasteiger partial charge in [0, 0.05) is 6.42 Å². The number of primary amides is 1. The zero-order valence-corrected chi connectivity index (χ0v) is 9.74. The number of amides is 2. The van der Waals surface area contributed by atoms with Gasteiger partial charge in [-0.25, -0.2) is 0 Å². The minimum Gasteiger partial charge on any atom is -0.481 e. The van der Waals surface area contributed by atoms with Crippen molar-refractivity contribution in [1.82, 2.24) is 5.32 Å². The topological polar surface area (TPSA) is 109 Å². The van der Waals surface area contributed by atoms with Crippen molar-refractivity contribution in [2.75, 3.05) is 0 Å². The maximum atomic E-state index is 11.4. The zero-order chi connectivity index (χ0) is 12.9. The summed E-state index contributed by atoms with van der Waals surface area (Å²) in [6.45, 7) is 5.59. The molecule has 16 heavy (non-hydrogen) atoms. The van der Waals surface area contributed by atoms with E-state index in [2.05, 4.69) is 5.32 Å². The van der Waals surface area contributed by atoms with Gasteiger partial charge in [-0.05, 0) is 5.41 Å². The molecule has 0 spiro atoms. The van der Waals surface area contributed by atoms with Crippen molar-refractivity contribution in [1.29, 1.82) is 0 Å². The minimum atomic E-state index is -1.18. The lowest BCUT2D eigenvalue weighted by Gasteiger charge is -2.19. The monoisotopic (exact) mass is 230 g/mol. The fourth-order valence-corrected chi connectivity index (χ4v) is 1.12. The van der Waals surface area contributed by atoms with Gasteiger partial charge >= 0.3 is 5.97 Å². The van der Waals surface area contributed by atoms with E-state index in [1.807, 2.05) is 20.8 Å². The highest BCUT2D eigenvalue weighted by Crippen LogP contribution is 2.17. The molecule has 0 aliphatic heterocycles. The molecule has 1 unspecified atom stereocenters. The number of carboxylic acid groups (broad SMARTS) is 1. The average molecular weight is 230 g/mol. The molecule has 0 radical (unpaired) electrons. The van der Waals surface area contributed by atoms with Crippen molar-refractivity contribution in [3.8, 4) is 0 Å². The van der Waals surface area contributed by atoms with Crippen molar-refractivity contribution in [3.63, 3.8) is 0 Å². The fraction of sp³-hybridized carbons (Fsp3) is 0.700. The van der Waals surface area contributed by atoms with Gasteiger partial charge in [0.25, 0.3) is 0 Å². The molecule has 0 rings (SSSR count). The number of hydrogen-bond donors (Lipinski definition) is 3. The third-order valence-corrected chi connectivity index (χ3v) is 1.75. The van der Waals surface area contributed by atoms with Crippen LogP contribution in [-0.2, 0) is 14.4 Å². The predicted molar refractivity (Wildman–Crippen MR) is 57.4 cm³/mol. The third kappa shape index (κ3) is 6.80. The Hall–Kier alpha value is -1.59.